The number of rotatable bonds is 9. The number of nitrogens with zero attached hydrogens (tertiary/aromatic N) is 2. The fourth-order valence-electron chi connectivity index (χ4n) is 4.67. The molecule has 0 aliphatic rings. The molecule has 3 N–H and O–H groups in total. The molecule has 0 radical (unpaired) electrons. The zero-order chi connectivity index (χ0) is 29.7. The molecule has 0 aliphatic heterocycles. The Morgan fingerprint density at radius 2 is 1.78 bits per heavy atom. The third-order valence-corrected chi connectivity index (χ3v) is 8.63. The Kier molecular flexibility index (Phi) is 8.59. The number of pyridine rings is 1. The molecule has 0 aliphatic carbocycles. The lowest BCUT2D eigenvalue weighted by Gasteiger charge is -2.25. The van der Waals surface area contributed by atoms with Crippen molar-refractivity contribution in [3.05, 3.63) is 100.0 Å². The van der Waals surface area contributed by atoms with E-state index in [1.807, 2.05) is 6.92 Å². The van der Waals surface area contributed by atoms with Crippen molar-refractivity contribution in [1.29, 1.82) is 5.26 Å². The maximum atomic E-state index is 13.8. The smallest absolute Gasteiger partial charge is 0.271 e. The minimum Gasteiger partial charge on any atom is -0.504 e. The first-order chi connectivity index (χ1) is 19.6. The maximum Gasteiger partial charge on any atom is 0.271 e. The molecule has 4 aromatic rings. The fourth-order valence-corrected chi connectivity index (χ4v) is 6.04. The first-order valence-corrected chi connectivity index (χ1v) is 14.5. The number of unbranched alkanes of at least 4 members (excludes halogenated alkanes) is 1. The summed E-state index contributed by atoms with van der Waals surface area (Å²) in [6.45, 7) is 1.98. The van der Waals surface area contributed by atoms with Crippen molar-refractivity contribution in [2.75, 3.05) is 19.0 Å². The predicted octanol–water partition coefficient (Wildman–Crippen LogP) is 4.92. The number of carbonyl (C=O) groups is 1. The monoisotopic (exact) mass is 570 g/mol. The van der Waals surface area contributed by atoms with E-state index in [-0.39, 0.29) is 16.5 Å². The average Bonchev–Trinajstić information content (AvgIpc) is 2.99. The van der Waals surface area contributed by atoms with Crippen LogP contribution in [0.5, 0.6) is 5.75 Å². The minimum absolute atomic E-state index is 0.142. The Balaban J connectivity index is 1.84. The van der Waals surface area contributed by atoms with E-state index in [1.165, 1.54) is 19.2 Å². The molecule has 0 atom stereocenters. The molecule has 1 heterocycles. The number of aryl methyl sites for hydroxylation is 1. The van der Waals surface area contributed by atoms with Gasteiger partial charge in [0.05, 0.1) is 16.5 Å². The number of hydrogen-bond donors (Lipinski definition) is 3. The molecule has 3 aromatic carbocycles. The number of aromatic nitrogens is 1. The largest absolute Gasteiger partial charge is 0.504 e. The first-order valence-electron chi connectivity index (χ1n) is 13.0. The maximum absolute atomic E-state index is 13.8. The van der Waals surface area contributed by atoms with Crippen LogP contribution in [0.15, 0.2) is 87.4 Å². The van der Waals surface area contributed by atoms with Gasteiger partial charge >= 0.3 is 0 Å². The third-order valence-electron chi connectivity index (χ3n) is 6.82. The molecule has 1 aromatic heterocycles. The van der Waals surface area contributed by atoms with Crippen molar-refractivity contribution < 1.29 is 18.3 Å². The summed E-state index contributed by atoms with van der Waals surface area (Å²) in [4.78, 5) is 28.8. The molecular formula is C31H30N4O5S. The number of carbonyl (C=O) groups excluding carboxylic acids is 1. The summed E-state index contributed by atoms with van der Waals surface area (Å²) in [5, 5.41) is 23.3. The number of aromatic amines is 1. The lowest BCUT2D eigenvalue weighted by molar-refractivity contribution is 0.0963. The van der Waals surface area contributed by atoms with Crippen LogP contribution < -0.4 is 15.8 Å². The topological polar surface area (TPSA) is 143 Å². The van der Waals surface area contributed by atoms with E-state index < -0.39 is 26.0 Å². The average molecular weight is 571 g/mol. The number of amides is 1. The summed E-state index contributed by atoms with van der Waals surface area (Å²) in [5.74, 6) is -0.951. The summed E-state index contributed by atoms with van der Waals surface area (Å²) >= 11 is 0. The van der Waals surface area contributed by atoms with Crippen LogP contribution in [0.4, 0.5) is 11.4 Å². The van der Waals surface area contributed by atoms with Crippen LogP contribution in [-0.4, -0.2) is 38.5 Å². The van der Waals surface area contributed by atoms with Crippen molar-refractivity contribution >= 4 is 27.1 Å². The molecule has 9 nitrogen and oxygen atoms in total. The molecule has 210 valence electrons. The summed E-state index contributed by atoms with van der Waals surface area (Å²) in [5.41, 5.74) is 2.17. The molecule has 0 saturated heterocycles. The second-order valence-electron chi connectivity index (χ2n) is 9.44. The van der Waals surface area contributed by atoms with Gasteiger partial charge in [0, 0.05) is 31.0 Å². The quantitative estimate of drug-likeness (QED) is 0.259. The lowest BCUT2D eigenvalue weighted by atomic mass is 9.99. The van der Waals surface area contributed by atoms with Crippen LogP contribution in [-0.2, 0) is 16.3 Å². The molecule has 0 unspecified atom stereocenters. The minimum atomic E-state index is -4.47. The van der Waals surface area contributed by atoms with Crippen LogP contribution in [0.3, 0.4) is 0 Å². The van der Waals surface area contributed by atoms with Crippen LogP contribution in [0, 0.1) is 11.3 Å². The number of benzene rings is 3. The molecule has 1 amide bonds. The van der Waals surface area contributed by atoms with E-state index in [2.05, 4.69) is 16.4 Å². The molecule has 0 saturated carbocycles. The number of H-pyrrole nitrogens is 1. The summed E-state index contributed by atoms with van der Waals surface area (Å²) in [7, 11) is -1.31. The highest BCUT2D eigenvalue weighted by molar-refractivity contribution is 7.91. The first kappa shape index (κ1) is 29.1. The van der Waals surface area contributed by atoms with Crippen LogP contribution in [0.25, 0.3) is 11.1 Å². The highest BCUT2D eigenvalue weighted by Crippen LogP contribution is 2.40. The van der Waals surface area contributed by atoms with Crippen molar-refractivity contribution in [3.8, 4) is 22.9 Å². The highest BCUT2D eigenvalue weighted by atomic mass is 32.2. The number of hydrogen-bond acceptors (Lipinski definition) is 7. The fraction of sp³-hybridized carbons (Fsp3) is 0.194. The number of nitrogens with one attached hydrogen (secondary N) is 2. The van der Waals surface area contributed by atoms with E-state index in [0.29, 0.717) is 46.5 Å². The van der Waals surface area contributed by atoms with Gasteiger partial charge in [-0.2, -0.15) is 5.26 Å². The molecular weight excluding hydrogens is 540 g/mol. The Morgan fingerprint density at radius 1 is 1.07 bits per heavy atom. The Bertz CT molecular complexity index is 1810. The molecule has 10 heteroatoms. The second kappa shape index (κ2) is 12.1. The van der Waals surface area contributed by atoms with Gasteiger partial charge in [-0.15, -0.1) is 0 Å². The van der Waals surface area contributed by atoms with E-state index in [0.717, 1.165) is 6.42 Å². The Hall–Kier alpha value is -4.88. The van der Waals surface area contributed by atoms with Gasteiger partial charge in [0.15, 0.2) is 10.6 Å². The van der Waals surface area contributed by atoms with Crippen molar-refractivity contribution in [2.24, 2.45) is 0 Å². The van der Waals surface area contributed by atoms with E-state index in [9.17, 15) is 28.4 Å². The van der Waals surface area contributed by atoms with Crippen molar-refractivity contribution in [3.63, 3.8) is 0 Å². The number of sulfone groups is 1. The summed E-state index contributed by atoms with van der Waals surface area (Å²) < 4.78 is 27.6. The van der Waals surface area contributed by atoms with E-state index >= 15 is 0 Å². The van der Waals surface area contributed by atoms with E-state index in [4.69, 9.17) is 0 Å². The normalized spacial score (nSPS) is 11.1. The number of nitriles is 1. The van der Waals surface area contributed by atoms with Gasteiger partial charge in [-0.1, -0.05) is 49.7 Å². The molecule has 41 heavy (non-hydrogen) atoms. The van der Waals surface area contributed by atoms with Gasteiger partial charge in [0.25, 0.3) is 11.5 Å². The third kappa shape index (κ3) is 5.71. The van der Waals surface area contributed by atoms with Crippen LogP contribution in [0.2, 0.25) is 0 Å². The van der Waals surface area contributed by atoms with Crippen LogP contribution in [0.1, 0.15) is 41.4 Å². The van der Waals surface area contributed by atoms with Gasteiger partial charge in [-0.05, 0) is 60.4 Å². The summed E-state index contributed by atoms with van der Waals surface area (Å²) in [6.07, 6.45) is 1.90. The van der Waals surface area contributed by atoms with Gasteiger partial charge < -0.3 is 20.3 Å². The number of anilines is 2. The SMILES string of the molecule is CCCCc1[nH]c(=O)c(S(=O)(=O)c2ccc(-c3ccccc3C(=O)NC)cc2)c(O)c1N(C)c1cccc(C#N)c1. The zero-order valence-corrected chi connectivity index (χ0v) is 23.7. The Labute approximate surface area is 238 Å². The van der Waals surface area contributed by atoms with Gasteiger partial charge in [-0.3, -0.25) is 9.59 Å². The predicted molar refractivity (Wildman–Crippen MR) is 157 cm³/mol. The molecule has 0 fully saturated rings. The lowest BCUT2D eigenvalue weighted by Crippen LogP contribution is -2.24. The van der Waals surface area contributed by atoms with Crippen molar-refractivity contribution in [2.45, 2.75) is 36.0 Å². The van der Waals surface area contributed by atoms with Gasteiger partial charge in [0.2, 0.25) is 9.84 Å². The zero-order valence-electron chi connectivity index (χ0n) is 22.9. The molecule has 0 spiro atoms. The standard InChI is InChI=1S/C31H30N4O5S/c1-4-5-13-26-27(35(3)22-10-8-9-20(18-22)19-32)28(36)29(31(38)34-26)41(39,40)23-16-14-21(15-17-23)24-11-6-7-12-25(24)30(37)33-2/h6-12,14-18H,4-5,13H2,1-3H3,(H,33,37)(H2,34,36,38). The van der Waals surface area contributed by atoms with Gasteiger partial charge in [0.1, 0.15) is 5.69 Å². The Morgan fingerprint density at radius 3 is 2.44 bits per heavy atom. The van der Waals surface area contributed by atoms with Crippen LogP contribution >= 0.6 is 0 Å². The number of aromatic hydroxyl groups is 1. The van der Waals surface area contributed by atoms with E-state index in [1.54, 1.807) is 72.6 Å². The second-order valence-corrected chi connectivity index (χ2v) is 11.3. The molecule has 4 rings (SSSR count). The van der Waals surface area contributed by atoms with Crippen molar-refractivity contribution in [1.82, 2.24) is 10.3 Å². The summed E-state index contributed by atoms with van der Waals surface area (Å²) in [6, 6.07) is 21.4. The van der Waals surface area contributed by atoms with Gasteiger partial charge in [-0.25, -0.2) is 8.42 Å². The highest BCUT2D eigenvalue weighted by Gasteiger charge is 2.31. The molecule has 0 bridgehead atoms.